The molecule has 2 aromatic heterocycles. The van der Waals surface area contributed by atoms with E-state index in [0.29, 0.717) is 12.4 Å². The zero-order valence-corrected chi connectivity index (χ0v) is 14.4. The lowest BCUT2D eigenvalue weighted by molar-refractivity contribution is -0.667. The Morgan fingerprint density at radius 2 is 1.64 bits per heavy atom. The Balaban J connectivity index is 1.62. The summed E-state index contributed by atoms with van der Waals surface area (Å²) >= 11 is 1.66. The maximum absolute atomic E-state index is 6.03. The van der Waals surface area contributed by atoms with Crippen molar-refractivity contribution in [2.45, 2.75) is 17.5 Å². The summed E-state index contributed by atoms with van der Waals surface area (Å²) in [4.78, 5) is 12.3. The van der Waals surface area contributed by atoms with E-state index in [4.69, 9.17) is 10.7 Å². The molecule has 25 heavy (non-hydrogen) atoms. The lowest BCUT2D eigenvalue weighted by Gasteiger charge is -2.01. The third-order valence-electron chi connectivity index (χ3n) is 3.94. The first-order chi connectivity index (χ1) is 12.3. The summed E-state index contributed by atoms with van der Waals surface area (Å²) in [6.07, 6.45) is 1.75. The van der Waals surface area contributed by atoms with Gasteiger partial charge in [-0.1, -0.05) is 82.4 Å². The van der Waals surface area contributed by atoms with Gasteiger partial charge in [-0.15, -0.1) is 0 Å². The topological polar surface area (TPSA) is 71.5 Å². The maximum Gasteiger partial charge on any atom is 0.295 e. The second kappa shape index (κ2) is 6.94. The van der Waals surface area contributed by atoms with Gasteiger partial charge in [0, 0.05) is 5.75 Å². The van der Waals surface area contributed by atoms with Gasteiger partial charge in [-0.2, -0.15) is 0 Å². The van der Waals surface area contributed by atoms with Crippen LogP contribution in [0.3, 0.4) is 0 Å². The summed E-state index contributed by atoms with van der Waals surface area (Å²) in [6, 6.07) is 20.6. The van der Waals surface area contributed by atoms with Gasteiger partial charge in [0.25, 0.3) is 5.65 Å². The maximum atomic E-state index is 6.03. The minimum Gasteiger partial charge on any atom is -0.368 e. The fraction of sp³-hybridized carbons (Fsp3) is 0.105. The summed E-state index contributed by atoms with van der Waals surface area (Å²) in [6.45, 7) is 0.707. The van der Waals surface area contributed by atoms with E-state index in [1.54, 1.807) is 18.1 Å². The largest absolute Gasteiger partial charge is 0.368 e. The molecule has 0 aliphatic heterocycles. The number of nitrogen functional groups attached to an aromatic ring is 1. The lowest BCUT2D eigenvalue weighted by atomic mass is 10.2. The molecule has 0 radical (unpaired) electrons. The molecule has 0 unspecified atom stereocenters. The Labute approximate surface area is 149 Å². The molecule has 3 N–H and O–H groups in total. The van der Waals surface area contributed by atoms with Crippen LogP contribution in [0, 0.1) is 0 Å². The molecule has 0 amide bonds. The summed E-state index contributed by atoms with van der Waals surface area (Å²) in [5, 5.41) is 0.848. The van der Waals surface area contributed by atoms with E-state index in [0.717, 1.165) is 22.1 Å². The van der Waals surface area contributed by atoms with Crippen LogP contribution in [0.15, 0.2) is 72.1 Å². The molecule has 4 rings (SSSR count). The molecule has 0 spiro atoms. The number of nitrogens with two attached hydrogens (primary N) is 1. The van der Waals surface area contributed by atoms with Crippen LogP contribution in [-0.4, -0.2) is 15.0 Å². The molecule has 0 saturated heterocycles. The molecular formula is C19H18N5S+. The number of thioether (sulfide) groups is 1. The standard InChI is InChI=1S/C19H17N5S/c20-17-16-18(24(13-21-17)11-14-7-3-1-4-8-14)23-19(22-16)25-12-15-9-5-2-6-10-15/h1-10,13H,11-12H2,(H2,20,22,23)/p+1. The van der Waals surface area contributed by atoms with Gasteiger partial charge in [0.2, 0.25) is 17.3 Å². The average Bonchev–Trinajstić information content (AvgIpc) is 3.10. The first-order valence-electron chi connectivity index (χ1n) is 8.04. The Hall–Kier alpha value is -2.86. The smallest absolute Gasteiger partial charge is 0.295 e. The molecule has 2 aromatic carbocycles. The van der Waals surface area contributed by atoms with Gasteiger partial charge in [-0.3, -0.25) is 0 Å². The van der Waals surface area contributed by atoms with Crippen molar-refractivity contribution in [1.29, 1.82) is 0 Å². The molecule has 2 heterocycles. The second-order valence-electron chi connectivity index (χ2n) is 5.76. The van der Waals surface area contributed by atoms with Crippen molar-refractivity contribution in [3.8, 4) is 0 Å². The number of aromatic nitrogens is 4. The molecule has 0 aliphatic carbocycles. The van der Waals surface area contributed by atoms with E-state index < -0.39 is 0 Å². The highest BCUT2D eigenvalue weighted by Crippen LogP contribution is 2.23. The van der Waals surface area contributed by atoms with Gasteiger partial charge in [0.05, 0.1) is 6.54 Å². The third kappa shape index (κ3) is 3.49. The third-order valence-corrected chi connectivity index (χ3v) is 4.89. The number of fused-ring (bicyclic) bond motifs is 1. The Morgan fingerprint density at radius 3 is 2.36 bits per heavy atom. The van der Waals surface area contributed by atoms with Crippen LogP contribution in [0.5, 0.6) is 0 Å². The Bertz CT molecular complexity index is 983. The number of nitrogens with zero attached hydrogens (tertiary/aromatic N) is 3. The van der Waals surface area contributed by atoms with Gasteiger partial charge in [-0.05, 0) is 11.1 Å². The van der Waals surface area contributed by atoms with Gasteiger partial charge in [0.15, 0.2) is 5.52 Å². The quantitative estimate of drug-likeness (QED) is 0.429. The fourth-order valence-corrected chi connectivity index (χ4v) is 3.49. The number of benzene rings is 2. The predicted molar refractivity (Wildman–Crippen MR) is 100 cm³/mol. The molecule has 0 aliphatic rings. The fourth-order valence-electron chi connectivity index (χ4n) is 2.67. The van der Waals surface area contributed by atoms with Crippen molar-refractivity contribution >= 4 is 28.7 Å². The van der Waals surface area contributed by atoms with E-state index in [-0.39, 0.29) is 0 Å². The molecular weight excluding hydrogens is 330 g/mol. The zero-order chi connectivity index (χ0) is 17.1. The molecule has 0 atom stereocenters. The first kappa shape index (κ1) is 15.7. The minimum absolute atomic E-state index is 0.471. The van der Waals surface area contributed by atoms with Crippen molar-refractivity contribution in [2.75, 3.05) is 5.73 Å². The van der Waals surface area contributed by atoms with E-state index >= 15 is 0 Å². The molecule has 0 bridgehead atoms. The van der Waals surface area contributed by atoms with Crippen LogP contribution in [0.4, 0.5) is 5.82 Å². The van der Waals surface area contributed by atoms with Crippen LogP contribution in [-0.2, 0) is 12.3 Å². The summed E-state index contributed by atoms with van der Waals surface area (Å²) < 4.78 is 2.02. The molecule has 124 valence electrons. The lowest BCUT2D eigenvalue weighted by Crippen LogP contribution is -2.36. The highest BCUT2D eigenvalue weighted by Gasteiger charge is 2.18. The van der Waals surface area contributed by atoms with E-state index in [9.17, 15) is 0 Å². The first-order valence-corrected chi connectivity index (χ1v) is 9.02. The van der Waals surface area contributed by atoms with Crippen molar-refractivity contribution in [3.05, 3.63) is 78.1 Å². The van der Waals surface area contributed by atoms with Crippen molar-refractivity contribution in [1.82, 2.24) is 15.0 Å². The van der Waals surface area contributed by atoms with Gasteiger partial charge in [-0.25, -0.2) is 4.57 Å². The Morgan fingerprint density at radius 1 is 0.960 bits per heavy atom. The summed E-state index contributed by atoms with van der Waals surface area (Å²) in [5.41, 5.74) is 10.1. The normalized spacial score (nSPS) is 11.0. The van der Waals surface area contributed by atoms with E-state index in [2.05, 4.69) is 34.2 Å². The Kier molecular flexibility index (Phi) is 4.35. The predicted octanol–water partition coefficient (Wildman–Crippen LogP) is 3.17. The van der Waals surface area contributed by atoms with Crippen LogP contribution < -0.4 is 10.3 Å². The number of hydrogen-bond acceptors (Lipinski definition) is 4. The van der Waals surface area contributed by atoms with Crippen LogP contribution in [0.25, 0.3) is 11.2 Å². The SMILES string of the molecule is Nc1nc[n+](Cc2ccccc2)c2nc(SCc3ccccc3)[nH]c12. The molecule has 0 fully saturated rings. The number of imidazole rings is 1. The van der Waals surface area contributed by atoms with E-state index in [1.807, 2.05) is 41.0 Å². The van der Waals surface area contributed by atoms with Crippen molar-refractivity contribution in [2.24, 2.45) is 0 Å². The van der Waals surface area contributed by atoms with Crippen LogP contribution in [0.2, 0.25) is 0 Å². The van der Waals surface area contributed by atoms with Gasteiger partial charge in [0.1, 0.15) is 0 Å². The average molecular weight is 348 g/mol. The number of rotatable bonds is 5. The van der Waals surface area contributed by atoms with Crippen molar-refractivity contribution < 1.29 is 4.57 Å². The molecule has 4 aromatic rings. The zero-order valence-electron chi connectivity index (χ0n) is 13.6. The highest BCUT2D eigenvalue weighted by atomic mass is 32.2. The molecule has 6 heteroatoms. The van der Waals surface area contributed by atoms with E-state index in [1.165, 1.54) is 11.1 Å². The van der Waals surface area contributed by atoms with Gasteiger partial charge >= 0.3 is 0 Å². The van der Waals surface area contributed by atoms with Crippen molar-refractivity contribution in [3.63, 3.8) is 0 Å². The minimum atomic E-state index is 0.471. The second-order valence-corrected chi connectivity index (χ2v) is 6.72. The van der Waals surface area contributed by atoms with Crippen LogP contribution >= 0.6 is 11.8 Å². The number of H-pyrrole nitrogens is 1. The monoisotopic (exact) mass is 348 g/mol. The number of hydrogen-bond donors (Lipinski definition) is 2. The summed E-state index contributed by atoms with van der Waals surface area (Å²) in [5.74, 6) is 1.32. The van der Waals surface area contributed by atoms with Crippen LogP contribution in [0.1, 0.15) is 11.1 Å². The highest BCUT2D eigenvalue weighted by molar-refractivity contribution is 7.98. The number of nitrogens with one attached hydrogen (secondary N) is 1. The van der Waals surface area contributed by atoms with Gasteiger partial charge < -0.3 is 10.7 Å². The molecule has 5 nitrogen and oxygen atoms in total. The number of anilines is 1. The molecule has 0 saturated carbocycles. The number of aromatic amines is 1. The summed E-state index contributed by atoms with van der Waals surface area (Å²) in [7, 11) is 0.